The minimum absolute atomic E-state index is 0.163. The van der Waals surface area contributed by atoms with Gasteiger partial charge in [-0.2, -0.15) is 0 Å². The Morgan fingerprint density at radius 1 is 0.767 bits per heavy atom. The highest BCUT2D eigenvalue weighted by Gasteiger charge is 2.14. The predicted octanol–water partition coefficient (Wildman–Crippen LogP) is 4.57. The Hall–Kier alpha value is -3.64. The second-order valence-corrected chi connectivity index (χ2v) is 8.50. The molecule has 0 bridgehead atoms. The minimum Gasteiger partial charge on any atom is -0.348 e. The summed E-state index contributed by atoms with van der Waals surface area (Å²) in [4.78, 5) is 12.8. The molecule has 0 aromatic heterocycles. The zero-order valence-corrected chi connectivity index (χ0v) is 16.9. The average molecular weight is 417 g/mol. The van der Waals surface area contributed by atoms with Gasteiger partial charge in [-0.3, -0.25) is 9.52 Å². The van der Waals surface area contributed by atoms with Gasteiger partial charge in [0, 0.05) is 17.8 Å². The van der Waals surface area contributed by atoms with Crippen molar-refractivity contribution in [2.45, 2.75) is 11.4 Å². The van der Waals surface area contributed by atoms with Crippen LogP contribution in [-0.4, -0.2) is 14.3 Å². The summed E-state index contributed by atoms with van der Waals surface area (Å²) in [6.07, 6.45) is 0. The van der Waals surface area contributed by atoms with Crippen LogP contribution in [-0.2, 0) is 16.6 Å². The molecule has 0 atom stereocenters. The van der Waals surface area contributed by atoms with Gasteiger partial charge in [-0.05, 0) is 46.7 Å². The number of amides is 1. The van der Waals surface area contributed by atoms with E-state index in [1.807, 2.05) is 42.5 Å². The van der Waals surface area contributed by atoms with Gasteiger partial charge in [-0.25, -0.2) is 8.42 Å². The van der Waals surface area contributed by atoms with Gasteiger partial charge in [-0.1, -0.05) is 66.7 Å². The normalized spacial score (nSPS) is 11.2. The molecule has 150 valence electrons. The van der Waals surface area contributed by atoms with Crippen molar-refractivity contribution in [3.8, 4) is 0 Å². The molecule has 4 aromatic rings. The van der Waals surface area contributed by atoms with Gasteiger partial charge < -0.3 is 5.32 Å². The fraction of sp³-hybridized carbons (Fsp3) is 0.0417. The van der Waals surface area contributed by atoms with Gasteiger partial charge in [0.2, 0.25) is 0 Å². The molecular formula is C24H20N2O3S. The molecule has 6 heteroatoms. The summed E-state index contributed by atoms with van der Waals surface area (Å²) in [6, 6.07) is 28.5. The van der Waals surface area contributed by atoms with Crippen molar-refractivity contribution in [1.29, 1.82) is 0 Å². The molecule has 0 fully saturated rings. The van der Waals surface area contributed by atoms with Crippen molar-refractivity contribution in [2.75, 3.05) is 4.72 Å². The number of hydrogen-bond donors (Lipinski definition) is 2. The molecule has 0 heterocycles. The van der Waals surface area contributed by atoms with Crippen LogP contribution in [0.2, 0.25) is 0 Å². The van der Waals surface area contributed by atoms with E-state index < -0.39 is 10.0 Å². The van der Waals surface area contributed by atoms with Crippen molar-refractivity contribution < 1.29 is 13.2 Å². The summed E-state index contributed by atoms with van der Waals surface area (Å²) < 4.78 is 27.5. The molecule has 0 saturated carbocycles. The number of sulfonamides is 1. The van der Waals surface area contributed by atoms with E-state index in [1.54, 1.807) is 36.4 Å². The summed E-state index contributed by atoms with van der Waals surface area (Å²) in [5.74, 6) is -0.274. The lowest BCUT2D eigenvalue weighted by atomic mass is 10.0. The van der Waals surface area contributed by atoms with Crippen LogP contribution in [0.5, 0.6) is 0 Å². The van der Waals surface area contributed by atoms with Crippen LogP contribution < -0.4 is 10.0 Å². The van der Waals surface area contributed by atoms with Gasteiger partial charge in [0.1, 0.15) is 0 Å². The largest absolute Gasteiger partial charge is 0.348 e. The molecule has 0 radical (unpaired) electrons. The van der Waals surface area contributed by atoms with Crippen LogP contribution in [0.15, 0.2) is 102 Å². The highest BCUT2D eigenvalue weighted by molar-refractivity contribution is 7.92. The topological polar surface area (TPSA) is 75.3 Å². The smallest absolute Gasteiger partial charge is 0.261 e. The molecule has 5 nitrogen and oxygen atoms in total. The van der Waals surface area contributed by atoms with Gasteiger partial charge >= 0.3 is 0 Å². The third-order valence-electron chi connectivity index (χ3n) is 4.75. The molecule has 30 heavy (non-hydrogen) atoms. The van der Waals surface area contributed by atoms with Crippen molar-refractivity contribution in [3.05, 3.63) is 108 Å². The zero-order chi connectivity index (χ0) is 21.0. The maximum Gasteiger partial charge on any atom is 0.261 e. The van der Waals surface area contributed by atoms with Gasteiger partial charge in [0.05, 0.1) is 4.90 Å². The minimum atomic E-state index is -3.72. The van der Waals surface area contributed by atoms with E-state index in [0.29, 0.717) is 17.8 Å². The van der Waals surface area contributed by atoms with Gasteiger partial charge in [0.25, 0.3) is 15.9 Å². The quantitative estimate of drug-likeness (QED) is 0.483. The number of rotatable bonds is 6. The maximum absolute atomic E-state index is 12.7. The van der Waals surface area contributed by atoms with Crippen LogP contribution in [0.25, 0.3) is 10.8 Å². The number of hydrogen-bond acceptors (Lipinski definition) is 3. The Kier molecular flexibility index (Phi) is 5.50. The standard InChI is InChI=1S/C24H20N2O3S/c27-24(25-17-20-11-6-9-18-8-4-5-15-23(18)20)19-10-7-12-21(16-19)26-30(28,29)22-13-2-1-3-14-22/h1-16,26H,17H2,(H,25,27). The number of anilines is 1. The second-order valence-electron chi connectivity index (χ2n) is 6.82. The summed E-state index contributed by atoms with van der Waals surface area (Å²) in [6.45, 7) is 0.375. The van der Waals surface area contributed by atoms with E-state index in [0.717, 1.165) is 16.3 Å². The number of benzene rings is 4. The van der Waals surface area contributed by atoms with Crippen molar-refractivity contribution >= 4 is 32.4 Å². The van der Waals surface area contributed by atoms with Crippen LogP contribution in [0.1, 0.15) is 15.9 Å². The molecule has 0 aliphatic carbocycles. The first-order chi connectivity index (χ1) is 14.5. The maximum atomic E-state index is 12.7. The Balaban J connectivity index is 1.49. The molecule has 0 spiro atoms. The fourth-order valence-electron chi connectivity index (χ4n) is 3.26. The lowest BCUT2D eigenvalue weighted by molar-refractivity contribution is 0.0951. The van der Waals surface area contributed by atoms with E-state index in [-0.39, 0.29) is 10.8 Å². The summed E-state index contributed by atoms with van der Waals surface area (Å²) >= 11 is 0. The third-order valence-corrected chi connectivity index (χ3v) is 6.15. The Morgan fingerprint density at radius 2 is 1.47 bits per heavy atom. The predicted molar refractivity (Wildman–Crippen MR) is 119 cm³/mol. The number of nitrogens with one attached hydrogen (secondary N) is 2. The molecular weight excluding hydrogens is 396 g/mol. The Labute approximate surface area is 175 Å². The van der Waals surface area contributed by atoms with E-state index >= 15 is 0 Å². The first-order valence-electron chi connectivity index (χ1n) is 9.46. The van der Waals surface area contributed by atoms with Crippen molar-refractivity contribution in [3.63, 3.8) is 0 Å². The highest BCUT2D eigenvalue weighted by atomic mass is 32.2. The molecule has 0 saturated heterocycles. The van der Waals surface area contributed by atoms with Crippen LogP contribution in [0.4, 0.5) is 5.69 Å². The highest BCUT2D eigenvalue weighted by Crippen LogP contribution is 2.19. The van der Waals surface area contributed by atoms with Crippen LogP contribution >= 0.6 is 0 Å². The van der Waals surface area contributed by atoms with Crippen LogP contribution in [0, 0.1) is 0 Å². The Bertz CT molecular complexity index is 1300. The van der Waals surface area contributed by atoms with Gasteiger partial charge in [-0.15, -0.1) is 0 Å². The second kappa shape index (κ2) is 8.39. The van der Waals surface area contributed by atoms with Crippen molar-refractivity contribution in [1.82, 2.24) is 5.32 Å². The first kappa shape index (κ1) is 19.7. The molecule has 0 aliphatic heterocycles. The van der Waals surface area contributed by atoms with Gasteiger partial charge in [0.15, 0.2) is 0 Å². The molecule has 1 amide bonds. The van der Waals surface area contributed by atoms with E-state index in [1.165, 1.54) is 18.2 Å². The van der Waals surface area contributed by atoms with E-state index in [4.69, 9.17) is 0 Å². The molecule has 4 aromatic carbocycles. The zero-order valence-electron chi connectivity index (χ0n) is 16.1. The number of carbonyl (C=O) groups excluding carboxylic acids is 1. The third kappa shape index (κ3) is 4.34. The number of fused-ring (bicyclic) bond motifs is 1. The Morgan fingerprint density at radius 3 is 2.30 bits per heavy atom. The average Bonchev–Trinajstić information content (AvgIpc) is 2.78. The lowest BCUT2D eigenvalue weighted by Crippen LogP contribution is -2.23. The monoisotopic (exact) mass is 416 g/mol. The van der Waals surface area contributed by atoms with Crippen LogP contribution in [0.3, 0.4) is 0 Å². The summed E-state index contributed by atoms with van der Waals surface area (Å²) in [5, 5.41) is 5.11. The van der Waals surface area contributed by atoms with E-state index in [9.17, 15) is 13.2 Å². The SMILES string of the molecule is O=C(NCc1cccc2ccccc12)c1cccc(NS(=O)(=O)c2ccccc2)c1. The first-order valence-corrected chi connectivity index (χ1v) is 10.9. The number of carbonyl (C=O) groups is 1. The summed E-state index contributed by atoms with van der Waals surface area (Å²) in [7, 11) is -3.72. The lowest BCUT2D eigenvalue weighted by Gasteiger charge is -2.11. The summed E-state index contributed by atoms with van der Waals surface area (Å²) in [5.41, 5.74) is 1.72. The van der Waals surface area contributed by atoms with Crippen molar-refractivity contribution in [2.24, 2.45) is 0 Å². The fourth-order valence-corrected chi connectivity index (χ4v) is 4.33. The van der Waals surface area contributed by atoms with E-state index in [2.05, 4.69) is 10.0 Å². The molecule has 4 rings (SSSR count). The molecule has 2 N–H and O–H groups in total. The molecule has 0 aliphatic rings. The molecule has 0 unspecified atom stereocenters.